The van der Waals surface area contributed by atoms with Crippen LogP contribution in [0.4, 0.5) is 5.69 Å². The number of carboxylic acid groups (broad SMARTS) is 1. The molecule has 0 saturated carbocycles. The highest BCUT2D eigenvalue weighted by Gasteiger charge is 2.26. The summed E-state index contributed by atoms with van der Waals surface area (Å²) in [4.78, 5) is 14.2. The minimum Gasteiger partial charge on any atom is -0.478 e. The number of carboxylic acids is 1. The van der Waals surface area contributed by atoms with Crippen molar-refractivity contribution in [3.63, 3.8) is 0 Å². The van der Waals surface area contributed by atoms with Gasteiger partial charge >= 0.3 is 5.97 Å². The molecule has 0 aromatic heterocycles. The van der Waals surface area contributed by atoms with Crippen LogP contribution in [-0.4, -0.2) is 38.3 Å². The van der Waals surface area contributed by atoms with Crippen molar-refractivity contribution in [2.24, 2.45) is 0 Å². The summed E-state index contributed by atoms with van der Waals surface area (Å²) in [6.07, 6.45) is 3.90. The molecule has 170 valence electrons. The number of sulfone groups is 1. The van der Waals surface area contributed by atoms with Crippen LogP contribution in [0.15, 0.2) is 35.2 Å². The number of carbonyl (C=O) groups is 1. The third-order valence-electron chi connectivity index (χ3n) is 5.46. The van der Waals surface area contributed by atoms with Gasteiger partial charge in [0.1, 0.15) is 0 Å². The summed E-state index contributed by atoms with van der Waals surface area (Å²) < 4.78 is 26.3. The third kappa shape index (κ3) is 6.10. The molecular weight excluding hydrogens is 410 g/mol. The molecule has 2 rings (SSSR count). The van der Waals surface area contributed by atoms with Crippen LogP contribution < -0.4 is 4.90 Å². The second-order valence-corrected chi connectivity index (χ2v) is 10.4. The van der Waals surface area contributed by atoms with Gasteiger partial charge in [-0.25, -0.2) is 13.2 Å². The monoisotopic (exact) mass is 445 g/mol. The molecule has 0 heterocycles. The summed E-state index contributed by atoms with van der Waals surface area (Å²) in [6, 6.07) is 9.00. The van der Waals surface area contributed by atoms with Crippen molar-refractivity contribution in [3.05, 3.63) is 47.0 Å². The van der Waals surface area contributed by atoms with Gasteiger partial charge in [-0.1, -0.05) is 62.9 Å². The Bertz CT molecular complexity index is 1000. The van der Waals surface area contributed by atoms with E-state index in [9.17, 15) is 18.3 Å². The average Bonchev–Trinajstić information content (AvgIpc) is 2.72. The summed E-state index contributed by atoms with van der Waals surface area (Å²) in [7, 11) is -3.65. The van der Waals surface area contributed by atoms with Gasteiger partial charge in [0.25, 0.3) is 0 Å². The zero-order chi connectivity index (χ0) is 23.2. The van der Waals surface area contributed by atoms with Crippen LogP contribution in [0, 0.1) is 13.8 Å². The Hall–Kier alpha value is -2.34. The molecule has 2 aromatic rings. The first-order valence-corrected chi connectivity index (χ1v) is 12.8. The lowest BCUT2D eigenvalue weighted by Gasteiger charge is -2.29. The van der Waals surface area contributed by atoms with Crippen molar-refractivity contribution in [3.8, 4) is 11.1 Å². The van der Waals surface area contributed by atoms with Crippen LogP contribution in [0.3, 0.4) is 0 Å². The van der Waals surface area contributed by atoms with E-state index in [-0.39, 0.29) is 16.2 Å². The van der Waals surface area contributed by atoms with Gasteiger partial charge in [-0.05, 0) is 44.4 Å². The Morgan fingerprint density at radius 3 is 1.90 bits per heavy atom. The predicted molar refractivity (Wildman–Crippen MR) is 128 cm³/mol. The number of aryl methyl sites for hydroxylation is 2. The molecule has 0 aliphatic heterocycles. The molecule has 0 fully saturated rings. The molecule has 0 bridgehead atoms. The molecule has 1 N–H and O–H groups in total. The highest BCUT2D eigenvalue weighted by Crippen LogP contribution is 2.39. The number of anilines is 1. The second kappa shape index (κ2) is 10.8. The zero-order valence-corrected chi connectivity index (χ0v) is 20.2. The van der Waals surface area contributed by atoms with Crippen molar-refractivity contribution in [2.45, 2.75) is 65.2 Å². The molecule has 5 nitrogen and oxygen atoms in total. The Morgan fingerprint density at radius 2 is 1.45 bits per heavy atom. The first kappa shape index (κ1) is 24.9. The fraction of sp³-hybridized carbons (Fsp3) is 0.480. The zero-order valence-electron chi connectivity index (χ0n) is 19.4. The lowest BCUT2D eigenvalue weighted by Crippen LogP contribution is -2.27. The fourth-order valence-electron chi connectivity index (χ4n) is 3.83. The van der Waals surface area contributed by atoms with E-state index in [4.69, 9.17) is 0 Å². The molecule has 0 spiro atoms. The van der Waals surface area contributed by atoms with Gasteiger partial charge in [0.15, 0.2) is 9.84 Å². The van der Waals surface area contributed by atoms with Gasteiger partial charge in [0.05, 0.1) is 16.2 Å². The van der Waals surface area contributed by atoms with E-state index in [1.54, 1.807) is 13.0 Å². The predicted octanol–water partition coefficient (Wildman–Crippen LogP) is 5.87. The largest absolute Gasteiger partial charge is 0.478 e. The molecule has 31 heavy (non-hydrogen) atoms. The lowest BCUT2D eigenvalue weighted by molar-refractivity contribution is 0.0696. The SMILES string of the molecule is CCCCN(CCCC)c1cc(C(=O)O)cc(S(=O)(=O)CC)c1-c1cc(C)cc(C)c1. The van der Waals surface area contributed by atoms with Crippen LogP contribution in [0.25, 0.3) is 11.1 Å². The van der Waals surface area contributed by atoms with E-state index in [1.807, 2.05) is 26.0 Å². The van der Waals surface area contributed by atoms with Crippen molar-refractivity contribution in [1.82, 2.24) is 0 Å². The molecule has 0 unspecified atom stereocenters. The number of unbranched alkanes of at least 4 members (excludes halogenated alkanes) is 2. The first-order chi connectivity index (χ1) is 14.6. The van der Waals surface area contributed by atoms with Gasteiger partial charge < -0.3 is 10.0 Å². The minimum atomic E-state index is -3.65. The van der Waals surface area contributed by atoms with Crippen molar-refractivity contribution < 1.29 is 18.3 Å². The molecule has 0 saturated heterocycles. The summed E-state index contributed by atoms with van der Waals surface area (Å²) in [5, 5.41) is 9.74. The van der Waals surface area contributed by atoms with Gasteiger partial charge in [0.2, 0.25) is 0 Å². The van der Waals surface area contributed by atoms with Gasteiger partial charge in [0, 0.05) is 24.3 Å². The summed E-state index contributed by atoms with van der Waals surface area (Å²) >= 11 is 0. The van der Waals surface area contributed by atoms with E-state index >= 15 is 0 Å². The standard InChI is InChI=1S/C25H35NO4S/c1-6-9-11-26(12-10-7-2)22-16-21(25(27)28)17-23(31(29,30)8-3)24(22)20-14-18(4)13-19(5)15-20/h13-17H,6-12H2,1-5H3,(H,27,28). The maximum atomic E-state index is 13.1. The number of hydrogen-bond acceptors (Lipinski definition) is 4. The summed E-state index contributed by atoms with van der Waals surface area (Å²) in [5.74, 6) is -1.20. The minimum absolute atomic E-state index is 0.00754. The number of benzene rings is 2. The molecule has 0 aliphatic rings. The number of nitrogens with zero attached hydrogens (tertiary/aromatic N) is 1. The molecule has 2 aromatic carbocycles. The maximum Gasteiger partial charge on any atom is 0.335 e. The van der Waals surface area contributed by atoms with Crippen LogP contribution in [-0.2, 0) is 9.84 Å². The Labute approximate surface area is 187 Å². The third-order valence-corrected chi connectivity index (χ3v) is 7.21. The van der Waals surface area contributed by atoms with Crippen molar-refractivity contribution in [1.29, 1.82) is 0 Å². The molecule has 0 aliphatic carbocycles. The van der Waals surface area contributed by atoms with Gasteiger partial charge in [-0.15, -0.1) is 0 Å². The van der Waals surface area contributed by atoms with Crippen molar-refractivity contribution in [2.75, 3.05) is 23.7 Å². The molecule has 0 atom stereocenters. The second-order valence-electron chi connectivity index (χ2n) is 8.15. The lowest BCUT2D eigenvalue weighted by atomic mass is 9.96. The van der Waals surface area contributed by atoms with E-state index in [1.165, 1.54) is 6.07 Å². The molecule has 6 heteroatoms. The number of aromatic carboxylic acids is 1. The molecule has 0 radical (unpaired) electrons. The average molecular weight is 446 g/mol. The number of rotatable bonds is 11. The van der Waals surface area contributed by atoms with Gasteiger partial charge in [-0.3, -0.25) is 0 Å². The van der Waals surface area contributed by atoms with Gasteiger partial charge in [-0.2, -0.15) is 0 Å². The van der Waals surface area contributed by atoms with Crippen LogP contribution >= 0.6 is 0 Å². The topological polar surface area (TPSA) is 74.7 Å². The summed E-state index contributed by atoms with van der Waals surface area (Å²) in [5.41, 5.74) is 4.21. The highest BCUT2D eigenvalue weighted by atomic mass is 32.2. The van der Waals surface area contributed by atoms with Crippen molar-refractivity contribution >= 4 is 21.5 Å². The maximum absolute atomic E-state index is 13.1. The quantitative estimate of drug-likeness (QED) is 0.468. The Morgan fingerprint density at radius 1 is 0.903 bits per heavy atom. The summed E-state index contributed by atoms with van der Waals surface area (Å²) in [6.45, 7) is 11.3. The van der Waals surface area contributed by atoms with Crippen LogP contribution in [0.1, 0.15) is 67.9 Å². The van der Waals surface area contributed by atoms with Crippen LogP contribution in [0.2, 0.25) is 0 Å². The normalized spacial score (nSPS) is 11.5. The Balaban J connectivity index is 2.94. The molecular formula is C25H35NO4S. The van der Waals surface area contributed by atoms with E-state index in [0.717, 1.165) is 55.5 Å². The van der Waals surface area contributed by atoms with E-state index < -0.39 is 15.8 Å². The fourth-order valence-corrected chi connectivity index (χ4v) is 4.99. The van der Waals surface area contributed by atoms with E-state index in [0.29, 0.717) is 11.3 Å². The van der Waals surface area contributed by atoms with Crippen LogP contribution in [0.5, 0.6) is 0 Å². The highest BCUT2D eigenvalue weighted by molar-refractivity contribution is 7.91. The van der Waals surface area contributed by atoms with E-state index in [2.05, 4.69) is 24.8 Å². The first-order valence-electron chi connectivity index (χ1n) is 11.1. The smallest absolute Gasteiger partial charge is 0.335 e. The Kier molecular flexibility index (Phi) is 8.69. The number of hydrogen-bond donors (Lipinski definition) is 1. The molecule has 0 amide bonds.